The summed E-state index contributed by atoms with van der Waals surface area (Å²) in [7, 11) is 1.80. The first-order chi connectivity index (χ1) is 9.76. The van der Waals surface area contributed by atoms with Crippen molar-refractivity contribution < 1.29 is 4.74 Å². The molecule has 0 bridgehead atoms. The summed E-state index contributed by atoms with van der Waals surface area (Å²) >= 11 is 6.46. The van der Waals surface area contributed by atoms with Crippen LogP contribution in [0.4, 0.5) is 5.69 Å². The van der Waals surface area contributed by atoms with Crippen LogP contribution in [0.3, 0.4) is 0 Å². The van der Waals surface area contributed by atoms with Crippen molar-refractivity contribution in [3.8, 4) is 0 Å². The molecule has 0 amide bonds. The van der Waals surface area contributed by atoms with Crippen LogP contribution in [0.1, 0.15) is 31.2 Å². The minimum absolute atomic E-state index is 0.409. The van der Waals surface area contributed by atoms with E-state index in [-0.39, 0.29) is 0 Å². The Labute approximate surface area is 126 Å². The molecule has 1 heterocycles. The second-order valence-electron chi connectivity index (χ2n) is 5.86. The summed E-state index contributed by atoms with van der Waals surface area (Å²) in [6.45, 7) is 2.98. The fourth-order valence-electron chi connectivity index (χ4n) is 2.80. The van der Waals surface area contributed by atoms with E-state index < -0.39 is 0 Å². The van der Waals surface area contributed by atoms with Crippen molar-refractivity contribution in [3.05, 3.63) is 28.8 Å². The molecule has 0 aromatic heterocycles. The molecule has 110 valence electrons. The van der Waals surface area contributed by atoms with Gasteiger partial charge in [0.25, 0.3) is 0 Å². The highest BCUT2D eigenvalue weighted by atomic mass is 35.5. The summed E-state index contributed by atoms with van der Waals surface area (Å²) in [5.41, 5.74) is 2.44. The molecule has 0 spiro atoms. The van der Waals surface area contributed by atoms with Gasteiger partial charge in [-0.2, -0.15) is 0 Å². The number of benzene rings is 1. The number of halogens is 1. The Balaban J connectivity index is 1.61. The summed E-state index contributed by atoms with van der Waals surface area (Å²) < 4.78 is 5.42. The molecule has 1 saturated carbocycles. The lowest BCUT2D eigenvalue weighted by atomic mass is 10.1. The summed E-state index contributed by atoms with van der Waals surface area (Å²) in [6.07, 6.45) is 5.21. The topological polar surface area (TPSA) is 24.5 Å². The predicted molar refractivity (Wildman–Crippen MR) is 83.6 cm³/mol. The van der Waals surface area contributed by atoms with Crippen LogP contribution in [0, 0.1) is 0 Å². The van der Waals surface area contributed by atoms with E-state index >= 15 is 0 Å². The maximum Gasteiger partial charge on any atom is 0.0642 e. The Morgan fingerprint density at radius 2 is 2.00 bits per heavy atom. The SMILES string of the molecule is COC1CCN(c2ccc(CNC3CC3)cc2Cl)CC1. The van der Waals surface area contributed by atoms with Gasteiger partial charge in [-0.15, -0.1) is 0 Å². The van der Waals surface area contributed by atoms with Crippen molar-refractivity contribution in [2.75, 3.05) is 25.1 Å². The lowest BCUT2D eigenvalue weighted by molar-refractivity contribution is 0.0819. The summed E-state index contributed by atoms with van der Waals surface area (Å²) in [5, 5.41) is 4.39. The van der Waals surface area contributed by atoms with Gasteiger partial charge in [0.15, 0.2) is 0 Å². The van der Waals surface area contributed by atoms with E-state index in [2.05, 4.69) is 28.4 Å². The normalized spacial score (nSPS) is 20.4. The van der Waals surface area contributed by atoms with Crippen molar-refractivity contribution in [1.82, 2.24) is 5.32 Å². The summed E-state index contributed by atoms with van der Waals surface area (Å²) in [6, 6.07) is 7.20. The molecule has 1 aromatic carbocycles. The molecule has 1 aliphatic heterocycles. The average Bonchev–Trinajstić information content (AvgIpc) is 3.30. The number of nitrogens with one attached hydrogen (secondary N) is 1. The van der Waals surface area contributed by atoms with E-state index in [0.29, 0.717) is 6.10 Å². The predicted octanol–water partition coefficient (Wildman–Crippen LogP) is 3.21. The molecular formula is C16H23ClN2O. The number of anilines is 1. The fourth-order valence-corrected chi connectivity index (χ4v) is 3.12. The number of hydrogen-bond donors (Lipinski definition) is 1. The first-order valence-electron chi connectivity index (χ1n) is 7.56. The molecule has 1 N–H and O–H groups in total. The number of hydrogen-bond acceptors (Lipinski definition) is 3. The van der Waals surface area contributed by atoms with Crippen LogP contribution >= 0.6 is 11.6 Å². The van der Waals surface area contributed by atoms with E-state index in [9.17, 15) is 0 Å². The minimum atomic E-state index is 0.409. The summed E-state index contributed by atoms with van der Waals surface area (Å²) in [5.74, 6) is 0. The number of rotatable bonds is 5. The maximum absolute atomic E-state index is 6.46. The lowest BCUT2D eigenvalue weighted by Crippen LogP contribution is -2.36. The van der Waals surface area contributed by atoms with Gasteiger partial charge in [-0.05, 0) is 43.4 Å². The zero-order chi connectivity index (χ0) is 13.9. The van der Waals surface area contributed by atoms with E-state index in [1.165, 1.54) is 18.4 Å². The first kappa shape index (κ1) is 14.2. The smallest absolute Gasteiger partial charge is 0.0642 e. The molecule has 0 unspecified atom stereocenters. The lowest BCUT2D eigenvalue weighted by Gasteiger charge is -2.33. The molecular weight excluding hydrogens is 272 g/mol. The zero-order valence-corrected chi connectivity index (χ0v) is 12.8. The van der Waals surface area contributed by atoms with Gasteiger partial charge in [-0.1, -0.05) is 17.7 Å². The van der Waals surface area contributed by atoms with E-state index in [4.69, 9.17) is 16.3 Å². The van der Waals surface area contributed by atoms with Gasteiger partial charge in [-0.25, -0.2) is 0 Å². The van der Waals surface area contributed by atoms with Gasteiger partial charge in [-0.3, -0.25) is 0 Å². The highest BCUT2D eigenvalue weighted by Crippen LogP contribution is 2.30. The third-order valence-electron chi connectivity index (χ3n) is 4.30. The van der Waals surface area contributed by atoms with Crippen LogP contribution in [0.15, 0.2) is 18.2 Å². The Bertz CT molecular complexity index is 454. The van der Waals surface area contributed by atoms with Gasteiger partial charge in [0, 0.05) is 32.8 Å². The monoisotopic (exact) mass is 294 g/mol. The molecule has 20 heavy (non-hydrogen) atoms. The molecule has 2 aliphatic rings. The van der Waals surface area contributed by atoms with E-state index in [1.54, 1.807) is 7.11 Å². The maximum atomic E-state index is 6.46. The van der Waals surface area contributed by atoms with Gasteiger partial charge in [0.2, 0.25) is 0 Å². The average molecular weight is 295 g/mol. The fraction of sp³-hybridized carbons (Fsp3) is 0.625. The van der Waals surface area contributed by atoms with Crippen LogP contribution in [-0.4, -0.2) is 32.3 Å². The molecule has 3 nitrogen and oxygen atoms in total. The molecule has 2 fully saturated rings. The van der Waals surface area contributed by atoms with Crippen molar-refractivity contribution in [2.24, 2.45) is 0 Å². The van der Waals surface area contributed by atoms with Crippen LogP contribution in [0.2, 0.25) is 5.02 Å². The molecule has 4 heteroatoms. The molecule has 0 atom stereocenters. The number of piperidine rings is 1. The van der Waals surface area contributed by atoms with Crippen molar-refractivity contribution in [2.45, 2.75) is 44.4 Å². The highest BCUT2D eigenvalue weighted by molar-refractivity contribution is 6.33. The molecule has 1 aromatic rings. The van der Waals surface area contributed by atoms with Crippen LogP contribution < -0.4 is 10.2 Å². The second kappa shape index (κ2) is 6.33. The number of methoxy groups -OCH3 is 1. The quantitative estimate of drug-likeness (QED) is 0.902. The Kier molecular flexibility index (Phi) is 4.49. The zero-order valence-electron chi connectivity index (χ0n) is 12.1. The van der Waals surface area contributed by atoms with Gasteiger partial charge >= 0.3 is 0 Å². The molecule has 0 radical (unpaired) electrons. The highest BCUT2D eigenvalue weighted by Gasteiger charge is 2.22. The van der Waals surface area contributed by atoms with Crippen molar-refractivity contribution in [1.29, 1.82) is 0 Å². The van der Waals surface area contributed by atoms with E-state index in [1.807, 2.05) is 0 Å². The standard InChI is InChI=1S/C16H23ClN2O/c1-20-14-6-8-19(9-7-14)16-5-2-12(10-15(16)17)11-18-13-3-4-13/h2,5,10,13-14,18H,3-4,6-9,11H2,1H3. The van der Waals surface area contributed by atoms with Crippen LogP contribution in [0.5, 0.6) is 0 Å². The number of nitrogens with zero attached hydrogens (tertiary/aromatic N) is 1. The van der Waals surface area contributed by atoms with Gasteiger partial charge < -0.3 is 15.0 Å². The molecule has 1 saturated heterocycles. The summed E-state index contributed by atoms with van der Waals surface area (Å²) in [4.78, 5) is 2.37. The number of ether oxygens (including phenoxy) is 1. The van der Waals surface area contributed by atoms with Gasteiger partial charge in [0.1, 0.15) is 0 Å². The Hall–Kier alpha value is -0.770. The van der Waals surface area contributed by atoms with Crippen molar-refractivity contribution in [3.63, 3.8) is 0 Å². The Morgan fingerprint density at radius 3 is 2.60 bits per heavy atom. The first-order valence-corrected chi connectivity index (χ1v) is 7.93. The van der Waals surface area contributed by atoms with Crippen LogP contribution in [-0.2, 0) is 11.3 Å². The third-order valence-corrected chi connectivity index (χ3v) is 4.60. The largest absolute Gasteiger partial charge is 0.381 e. The Morgan fingerprint density at radius 1 is 1.25 bits per heavy atom. The van der Waals surface area contributed by atoms with Crippen molar-refractivity contribution >= 4 is 17.3 Å². The molecule has 3 rings (SSSR count). The third kappa shape index (κ3) is 3.46. The second-order valence-corrected chi connectivity index (χ2v) is 6.27. The van der Waals surface area contributed by atoms with Crippen LogP contribution in [0.25, 0.3) is 0 Å². The van der Waals surface area contributed by atoms with Gasteiger partial charge in [0.05, 0.1) is 16.8 Å². The minimum Gasteiger partial charge on any atom is -0.381 e. The molecule has 1 aliphatic carbocycles. The van der Waals surface area contributed by atoms with E-state index in [0.717, 1.165) is 49.2 Å².